The van der Waals surface area contributed by atoms with E-state index in [1.807, 2.05) is 37.9 Å². The molecule has 0 aromatic heterocycles. The van der Waals surface area contributed by atoms with E-state index in [0.29, 0.717) is 6.54 Å². The van der Waals surface area contributed by atoms with Gasteiger partial charge in [-0.2, -0.15) is 0 Å². The van der Waals surface area contributed by atoms with Crippen molar-refractivity contribution in [1.82, 2.24) is 4.90 Å². The minimum Gasteiger partial charge on any atom is -0.496 e. The molecule has 1 aromatic carbocycles. The Morgan fingerprint density at radius 1 is 1.32 bits per heavy atom. The van der Waals surface area contributed by atoms with Gasteiger partial charge in [-0.25, -0.2) is 0 Å². The zero-order chi connectivity index (χ0) is 14.8. The number of ether oxygens (including phenoxy) is 1. The number of carbonyl (C=O) groups is 1. The maximum atomic E-state index is 11.2. The van der Waals surface area contributed by atoms with E-state index in [2.05, 4.69) is 0 Å². The first-order valence-electron chi connectivity index (χ1n) is 6.29. The number of rotatable bonds is 5. The Hall–Kier alpha value is -1.55. The fourth-order valence-corrected chi connectivity index (χ4v) is 2.09. The molecule has 0 bridgehead atoms. The van der Waals surface area contributed by atoms with Gasteiger partial charge in [0.1, 0.15) is 11.3 Å². The third-order valence-electron chi connectivity index (χ3n) is 3.62. The molecule has 0 spiro atoms. The summed E-state index contributed by atoms with van der Waals surface area (Å²) >= 11 is 0. The summed E-state index contributed by atoms with van der Waals surface area (Å²) in [7, 11) is 3.48. The predicted octanol–water partition coefficient (Wildman–Crippen LogP) is 2.61. The van der Waals surface area contributed by atoms with Crippen LogP contribution in [-0.2, 0) is 11.3 Å². The van der Waals surface area contributed by atoms with Crippen LogP contribution in [0.4, 0.5) is 0 Å². The van der Waals surface area contributed by atoms with Crippen LogP contribution in [0, 0.1) is 13.8 Å². The largest absolute Gasteiger partial charge is 0.496 e. The molecule has 0 fully saturated rings. The third-order valence-corrected chi connectivity index (χ3v) is 3.62. The molecular formula is C15H23NO3. The van der Waals surface area contributed by atoms with Gasteiger partial charge in [-0.3, -0.25) is 9.69 Å². The molecule has 106 valence electrons. The van der Waals surface area contributed by atoms with Crippen molar-refractivity contribution in [2.45, 2.75) is 39.8 Å². The molecule has 0 heterocycles. The Balaban J connectivity index is 2.98. The quantitative estimate of drug-likeness (QED) is 0.889. The monoisotopic (exact) mass is 265 g/mol. The summed E-state index contributed by atoms with van der Waals surface area (Å²) in [6.45, 7) is 8.00. The van der Waals surface area contributed by atoms with Crippen LogP contribution in [0.2, 0.25) is 0 Å². The second-order valence-corrected chi connectivity index (χ2v) is 5.48. The van der Waals surface area contributed by atoms with Crippen LogP contribution in [0.15, 0.2) is 12.1 Å². The van der Waals surface area contributed by atoms with Gasteiger partial charge in [0.2, 0.25) is 0 Å². The summed E-state index contributed by atoms with van der Waals surface area (Å²) in [6, 6.07) is 4.08. The molecule has 19 heavy (non-hydrogen) atoms. The molecule has 0 amide bonds. The Labute approximate surface area is 115 Å². The molecule has 0 saturated heterocycles. The van der Waals surface area contributed by atoms with Crippen LogP contribution in [-0.4, -0.2) is 35.7 Å². The molecule has 4 heteroatoms. The molecule has 0 atom stereocenters. The molecule has 4 nitrogen and oxygen atoms in total. The minimum atomic E-state index is -0.887. The summed E-state index contributed by atoms with van der Waals surface area (Å²) in [5.74, 6) is 0.0702. The first kappa shape index (κ1) is 15.5. The Bertz CT molecular complexity index is 457. The van der Waals surface area contributed by atoms with E-state index >= 15 is 0 Å². The highest BCUT2D eigenvalue weighted by atomic mass is 16.5. The SMILES string of the molecule is COc1c(C)cc(CN(C)C(C)(C)C(=O)O)cc1C. The van der Waals surface area contributed by atoms with Crippen molar-refractivity contribution in [3.05, 3.63) is 28.8 Å². The summed E-state index contributed by atoms with van der Waals surface area (Å²) < 4.78 is 5.33. The molecule has 0 unspecified atom stereocenters. The van der Waals surface area contributed by atoms with Crippen molar-refractivity contribution in [3.8, 4) is 5.75 Å². The zero-order valence-corrected chi connectivity index (χ0v) is 12.6. The first-order chi connectivity index (χ1) is 8.70. The van der Waals surface area contributed by atoms with E-state index in [4.69, 9.17) is 4.74 Å². The van der Waals surface area contributed by atoms with Gasteiger partial charge in [-0.15, -0.1) is 0 Å². The van der Waals surface area contributed by atoms with Crippen molar-refractivity contribution in [1.29, 1.82) is 0 Å². The maximum Gasteiger partial charge on any atom is 0.323 e. The fourth-order valence-electron chi connectivity index (χ4n) is 2.09. The number of nitrogens with zero attached hydrogens (tertiary/aromatic N) is 1. The highest BCUT2D eigenvalue weighted by molar-refractivity contribution is 5.77. The second-order valence-electron chi connectivity index (χ2n) is 5.48. The third kappa shape index (κ3) is 3.26. The normalized spacial score (nSPS) is 11.7. The molecular weight excluding hydrogens is 242 g/mol. The van der Waals surface area contributed by atoms with E-state index in [-0.39, 0.29) is 0 Å². The highest BCUT2D eigenvalue weighted by Gasteiger charge is 2.31. The highest BCUT2D eigenvalue weighted by Crippen LogP contribution is 2.26. The Kier molecular flexibility index (Phi) is 4.58. The van der Waals surface area contributed by atoms with E-state index in [0.717, 1.165) is 22.4 Å². The van der Waals surface area contributed by atoms with Crippen LogP contribution < -0.4 is 4.74 Å². The van der Waals surface area contributed by atoms with Crippen LogP contribution >= 0.6 is 0 Å². The van der Waals surface area contributed by atoms with Gasteiger partial charge >= 0.3 is 5.97 Å². The summed E-state index contributed by atoms with van der Waals surface area (Å²) in [6.07, 6.45) is 0. The van der Waals surface area contributed by atoms with Crippen molar-refractivity contribution in [2.24, 2.45) is 0 Å². The zero-order valence-electron chi connectivity index (χ0n) is 12.6. The molecule has 0 saturated carbocycles. The van der Waals surface area contributed by atoms with Gasteiger partial charge in [0, 0.05) is 6.54 Å². The molecule has 0 aliphatic heterocycles. The van der Waals surface area contributed by atoms with Gasteiger partial charge in [-0.05, 0) is 51.4 Å². The van der Waals surface area contributed by atoms with Gasteiger partial charge in [0.05, 0.1) is 7.11 Å². The van der Waals surface area contributed by atoms with E-state index in [1.54, 1.807) is 21.0 Å². The standard InChI is InChI=1S/C15H23NO3/c1-10-7-12(8-11(2)13(10)19-6)9-16(5)15(3,4)14(17)18/h7-8H,9H2,1-6H3,(H,17,18). The topological polar surface area (TPSA) is 49.8 Å². The van der Waals surface area contributed by atoms with Crippen LogP contribution in [0.1, 0.15) is 30.5 Å². The molecule has 0 aliphatic rings. The molecule has 1 N–H and O–H groups in total. The van der Waals surface area contributed by atoms with E-state index < -0.39 is 11.5 Å². The van der Waals surface area contributed by atoms with Gasteiger partial charge < -0.3 is 9.84 Å². The maximum absolute atomic E-state index is 11.2. The lowest BCUT2D eigenvalue weighted by atomic mass is 10.0. The van der Waals surface area contributed by atoms with Gasteiger partial charge in [0.15, 0.2) is 0 Å². The average Bonchev–Trinajstić information content (AvgIpc) is 2.28. The molecule has 1 rings (SSSR count). The molecule has 0 aliphatic carbocycles. The number of likely N-dealkylation sites (N-methyl/N-ethyl adjacent to an activating group) is 1. The second kappa shape index (κ2) is 5.61. The lowest BCUT2D eigenvalue weighted by molar-refractivity contribution is -0.148. The van der Waals surface area contributed by atoms with E-state index in [1.165, 1.54) is 0 Å². The number of carboxylic acid groups (broad SMARTS) is 1. The number of hydrogen-bond acceptors (Lipinski definition) is 3. The van der Waals surface area contributed by atoms with Crippen molar-refractivity contribution in [3.63, 3.8) is 0 Å². The number of methoxy groups -OCH3 is 1. The number of carboxylic acids is 1. The van der Waals surface area contributed by atoms with Crippen LogP contribution in [0.25, 0.3) is 0 Å². The minimum absolute atomic E-state index is 0.588. The number of aryl methyl sites for hydroxylation is 2. The lowest BCUT2D eigenvalue weighted by Crippen LogP contribution is -2.47. The average molecular weight is 265 g/mol. The number of aliphatic carboxylic acids is 1. The van der Waals surface area contributed by atoms with Crippen molar-refractivity contribution >= 4 is 5.97 Å². The number of hydrogen-bond donors (Lipinski definition) is 1. The first-order valence-corrected chi connectivity index (χ1v) is 6.29. The summed E-state index contributed by atoms with van der Waals surface area (Å²) in [4.78, 5) is 13.1. The summed E-state index contributed by atoms with van der Waals surface area (Å²) in [5.41, 5.74) is 2.34. The van der Waals surface area contributed by atoms with Crippen molar-refractivity contribution in [2.75, 3.05) is 14.2 Å². The lowest BCUT2D eigenvalue weighted by Gasteiger charge is -2.31. The van der Waals surface area contributed by atoms with Crippen LogP contribution in [0.3, 0.4) is 0 Å². The smallest absolute Gasteiger partial charge is 0.323 e. The van der Waals surface area contributed by atoms with E-state index in [9.17, 15) is 9.90 Å². The van der Waals surface area contributed by atoms with Crippen LogP contribution in [0.5, 0.6) is 5.75 Å². The fraction of sp³-hybridized carbons (Fsp3) is 0.533. The summed E-state index contributed by atoms with van der Waals surface area (Å²) in [5, 5.41) is 9.22. The predicted molar refractivity (Wildman–Crippen MR) is 75.6 cm³/mol. The Morgan fingerprint density at radius 2 is 1.79 bits per heavy atom. The van der Waals surface area contributed by atoms with Crippen molar-refractivity contribution < 1.29 is 14.6 Å². The van der Waals surface area contributed by atoms with Gasteiger partial charge in [0.25, 0.3) is 0 Å². The number of benzene rings is 1. The molecule has 1 aromatic rings. The van der Waals surface area contributed by atoms with Gasteiger partial charge in [-0.1, -0.05) is 12.1 Å². The molecule has 0 radical (unpaired) electrons. The Morgan fingerprint density at radius 3 is 2.16 bits per heavy atom.